The number of benzene rings is 2. The normalized spacial score (nSPS) is 24.1. The van der Waals surface area contributed by atoms with Crippen molar-refractivity contribution in [2.75, 3.05) is 32.5 Å². The second-order valence-corrected chi connectivity index (χ2v) is 10.9. The second kappa shape index (κ2) is 10.4. The number of imide groups is 1. The average Bonchev–Trinajstić information content (AvgIpc) is 3.35. The molecule has 3 unspecified atom stereocenters. The van der Waals surface area contributed by atoms with E-state index in [-0.39, 0.29) is 36.5 Å². The first-order chi connectivity index (χ1) is 18.6. The fourth-order valence-corrected chi connectivity index (χ4v) is 6.01. The van der Waals surface area contributed by atoms with E-state index in [2.05, 4.69) is 10.6 Å². The molecule has 3 aliphatic rings. The van der Waals surface area contributed by atoms with E-state index in [4.69, 9.17) is 0 Å². The number of quaternary nitrogens is 1. The molecule has 11 heteroatoms. The van der Waals surface area contributed by atoms with Gasteiger partial charge in [-0.25, -0.2) is 13.6 Å². The van der Waals surface area contributed by atoms with Crippen molar-refractivity contribution in [1.29, 1.82) is 0 Å². The fourth-order valence-electron chi connectivity index (χ4n) is 6.01. The summed E-state index contributed by atoms with van der Waals surface area (Å²) >= 11 is 0. The van der Waals surface area contributed by atoms with Crippen LogP contribution in [0.2, 0.25) is 0 Å². The van der Waals surface area contributed by atoms with Crippen molar-refractivity contribution in [3.05, 3.63) is 64.7 Å². The molecule has 0 saturated carbocycles. The van der Waals surface area contributed by atoms with Gasteiger partial charge in [-0.3, -0.25) is 19.7 Å². The first kappa shape index (κ1) is 26.7. The fraction of sp³-hybridized carbons (Fsp3) is 0.429. The van der Waals surface area contributed by atoms with Crippen LogP contribution in [0, 0.1) is 11.6 Å². The molecule has 1 aliphatic carbocycles. The van der Waals surface area contributed by atoms with Gasteiger partial charge in [0.2, 0.25) is 5.91 Å². The van der Waals surface area contributed by atoms with E-state index >= 15 is 0 Å². The van der Waals surface area contributed by atoms with E-state index in [0.717, 1.165) is 53.6 Å². The van der Waals surface area contributed by atoms with Gasteiger partial charge in [-0.05, 0) is 53.8 Å². The van der Waals surface area contributed by atoms with Crippen LogP contribution in [0.3, 0.4) is 0 Å². The molecule has 2 heterocycles. The molecule has 9 nitrogen and oxygen atoms in total. The van der Waals surface area contributed by atoms with Crippen LogP contribution >= 0.6 is 0 Å². The van der Waals surface area contributed by atoms with Crippen LogP contribution in [0.1, 0.15) is 36.0 Å². The SMILES string of the molecule is CN1C(=O)NC(=O)C12Cc1ccc(NC(=O)CN(Cc3cc(F)cc(F)c3)C(=O)C3CCCC[NH+]3C)cc1C2. The van der Waals surface area contributed by atoms with Crippen molar-refractivity contribution in [2.24, 2.45) is 0 Å². The summed E-state index contributed by atoms with van der Waals surface area (Å²) in [4.78, 5) is 55.1. The van der Waals surface area contributed by atoms with Crippen LogP contribution in [-0.2, 0) is 33.8 Å². The summed E-state index contributed by atoms with van der Waals surface area (Å²) in [7, 11) is 3.53. The molecule has 5 amide bonds. The molecule has 2 aliphatic heterocycles. The number of carbonyl (C=O) groups excluding carboxylic acids is 4. The molecule has 2 saturated heterocycles. The Bertz CT molecular complexity index is 1330. The van der Waals surface area contributed by atoms with Crippen molar-refractivity contribution >= 4 is 29.4 Å². The number of nitrogens with one attached hydrogen (secondary N) is 3. The van der Waals surface area contributed by atoms with Crippen molar-refractivity contribution in [3.8, 4) is 0 Å². The Morgan fingerprint density at radius 2 is 1.82 bits per heavy atom. The quantitative estimate of drug-likeness (QED) is 0.476. The Morgan fingerprint density at radius 1 is 1.10 bits per heavy atom. The molecule has 3 atom stereocenters. The number of fused-ring (bicyclic) bond motifs is 1. The van der Waals surface area contributed by atoms with E-state index in [9.17, 15) is 28.0 Å². The van der Waals surface area contributed by atoms with Gasteiger partial charge >= 0.3 is 6.03 Å². The summed E-state index contributed by atoms with van der Waals surface area (Å²) in [6, 6.07) is 7.64. The molecule has 0 bridgehead atoms. The van der Waals surface area contributed by atoms with E-state index < -0.39 is 29.1 Å². The molecule has 2 aromatic rings. The van der Waals surface area contributed by atoms with Crippen molar-refractivity contribution < 1.29 is 32.9 Å². The molecule has 206 valence electrons. The predicted molar refractivity (Wildman–Crippen MR) is 138 cm³/mol. The molecule has 0 radical (unpaired) electrons. The second-order valence-electron chi connectivity index (χ2n) is 10.9. The largest absolute Gasteiger partial charge is 0.327 e. The highest BCUT2D eigenvalue weighted by atomic mass is 19.1. The number of hydrogen-bond donors (Lipinski definition) is 3. The molecule has 2 fully saturated rings. The van der Waals surface area contributed by atoms with Gasteiger partial charge in [0.25, 0.3) is 11.8 Å². The van der Waals surface area contributed by atoms with Gasteiger partial charge in [-0.15, -0.1) is 0 Å². The van der Waals surface area contributed by atoms with Crippen LogP contribution < -0.4 is 15.5 Å². The lowest BCUT2D eigenvalue weighted by molar-refractivity contribution is -0.901. The Morgan fingerprint density at radius 3 is 2.49 bits per heavy atom. The molecular formula is C28H32F2N5O4+. The minimum absolute atomic E-state index is 0.104. The Balaban J connectivity index is 1.32. The van der Waals surface area contributed by atoms with Gasteiger partial charge in [0, 0.05) is 44.6 Å². The van der Waals surface area contributed by atoms with E-state index in [0.29, 0.717) is 24.9 Å². The smallest absolute Gasteiger partial charge is 0.324 e. The highest BCUT2D eigenvalue weighted by Gasteiger charge is 2.54. The number of hydrogen-bond acceptors (Lipinski definition) is 4. The average molecular weight is 541 g/mol. The summed E-state index contributed by atoms with van der Waals surface area (Å²) < 4.78 is 27.7. The molecule has 1 spiro atoms. The number of piperidine rings is 1. The Labute approximate surface area is 225 Å². The van der Waals surface area contributed by atoms with Crippen molar-refractivity contribution in [2.45, 2.75) is 50.2 Å². The lowest BCUT2D eigenvalue weighted by Gasteiger charge is -2.32. The lowest BCUT2D eigenvalue weighted by atomic mass is 9.95. The van der Waals surface area contributed by atoms with Gasteiger partial charge in [0.05, 0.1) is 13.6 Å². The number of anilines is 1. The number of halogens is 2. The third kappa shape index (κ3) is 5.23. The van der Waals surface area contributed by atoms with Crippen molar-refractivity contribution in [1.82, 2.24) is 15.1 Å². The highest BCUT2D eigenvalue weighted by molar-refractivity contribution is 6.07. The van der Waals surface area contributed by atoms with Gasteiger partial charge in [0.15, 0.2) is 6.04 Å². The van der Waals surface area contributed by atoms with Crippen LogP contribution in [0.15, 0.2) is 36.4 Å². The Kier molecular flexibility index (Phi) is 7.11. The van der Waals surface area contributed by atoms with Crippen LogP contribution in [0.25, 0.3) is 0 Å². The third-order valence-corrected chi connectivity index (χ3v) is 8.19. The zero-order valence-electron chi connectivity index (χ0n) is 22.0. The maximum absolute atomic E-state index is 13.9. The molecule has 0 aromatic heterocycles. The number of amides is 5. The maximum atomic E-state index is 13.9. The standard InChI is InChI=1S/C28H31F2N5O4/c1-33-8-4-3-5-23(33)25(37)35(15-17-9-20(29)12-21(30)10-17)16-24(36)31-22-7-6-18-13-28(14-19(18)11-22)26(38)32-27(39)34(28)2/h6-7,9-12,23H,3-5,8,13-16H2,1-2H3,(H,31,36)(H,32,38,39)/p+1. The summed E-state index contributed by atoms with van der Waals surface area (Å²) in [5.74, 6) is -2.52. The number of likely N-dealkylation sites (N-methyl/N-ethyl adjacent to an activating group) is 2. The highest BCUT2D eigenvalue weighted by Crippen LogP contribution is 2.38. The number of rotatable bonds is 6. The van der Waals surface area contributed by atoms with Crippen LogP contribution in [0.5, 0.6) is 0 Å². The lowest BCUT2D eigenvalue weighted by Crippen LogP contribution is -3.15. The summed E-state index contributed by atoms with van der Waals surface area (Å²) in [6.45, 7) is 0.439. The zero-order chi connectivity index (χ0) is 27.9. The van der Waals surface area contributed by atoms with Crippen LogP contribution in [0.4, 0.5) is 19.3 Å². The molecule has 5 rings (SSSR count). The number of carbonyl (C=O) groups is 4. The number of urea groups is 1. The molecular weight excluding hydrogens is 508 g/mol. The molecule has 2 aromatic carbocycles. The molecule has 39 heavy (non-hydrogen) atoms. The van der Waals surface area contributed by atoms with E-state index in [1.807, 2.05) is 13.1 Å². The van der Waals surface area contributed by atoms with Gasteiger partial charge in [-0.2, -0.15) is 0 Å². The summed E-state index contributed by atoms with van der Waals surface area (Å²) in [5, 5.41) is 5.18. The number of likely N-dealkylation sites (tertiary alicyclic amines) is 1. The zero-order valence-corrected chi connectivity index (χ0v) is 22.0. The predicted octanol–water partition coefficient (Wildman–Crippen LogP) is 1.02. The monoisotopic (exact) mass is 540 g/mol. The van der Waals surface area contributed by atoms with E-state index in [1.165, 1.54) is 9.80 Å². The summed E-state index contributed by atoms with van der Waals surface area (Å²) in [6.07, 6.45) is 3.30. The third-order valence-electron chi connectivity index (χ3n) is 8.19. The Hall–Kier alpha value is -3.86. The van der Waals surface area contributed by atoms with E-state index in [1.54, 1.807) is 19.2 Å². The first-order valence-corrected chi connectivity index (χ1v) is 13.1. The molecule has 3 N–H and O–H groups in total. The minimum Gasteiger partial charge on any atom is -0.327 e. The van der Waals surface area contributed by atoms with Crippen molar-refractivity contribution in [3.63, 3.8) is 0 Å². The van der Waals surface area contributed by atoms with Crippen LogP contribution in [-0.4, -0.2) is 72.3 Å². The van der Waals surface area contributed by atoms with Gasteiger partial charge in [0.1, 0.15) is 23.7 Å². The topological polar surface area (TPSA) is 103 Å². The maximum Gasteiger partial charge on any atom is 0.324 e. The minimum atomic E-state index is -0.972. The van der Waals surface area contributed by atoms with Gasteiger partial charge < -0.3 is 20.0 Å². The number of nitrogens with zero attached hydrogens (tertiary/aromatic N) is 2. The summed E-state index contributed by atoms with van der Waals surface area (Å²) in [5.41, 5.74) is 1.55. The first-order valence-electron chi connectivity index (χ1n) is 13.1. The van der Waals surface area contributed by atoms with Gasteiger partial charge in [-0.1, -0.05) is 6.07 Å².